The predicted molar refractivity (Wildman–Crippen MR) is 120 cm³/mol. The molecule has 176 valence electrons. The lowest BCUT2D eigenvalue weighted by molar-refractivity contribution is -0.145. The summed E-state index contributed by atoms with van der Waals surface area (Å²) in [4.78, 5) is 43.1. The minimum atomic E-state index is -1.52. The van der Waals surface area contributed by atoms with Crippen molar-refractivity contribution in [1.29, 1.82) is 0 Å². The number of halogens is 1. The molecule has 1 aromatic carbocycles. The third-order valence-corrected chi connectivity index (χ3v) is 7.08. The average molecular weight is 455 g/mol. The number of carbonyl (C=O) groups is 3. The summed E-state index contributed by atoms with van der Waals surface area (Å²) < 4.78 is 16.7. The third kappa shape index (κ3) is 4.30. The second-order valence-electron chi connectivity index (χ2n) is 9.44. The molecule has 1 saturated heterocycles. The summed E-state index contributed by atoms with van der Waals surface area (Å²) in [6.07, 6.45) is 5.94. The van der Waals surface area contributed by atoms with E-state index in [0.29, 0.717) is 6.54 Å². The van der Waals surface area contributed by atoms with Crippen LogP contribution in [0.5, 0.6) is 0 Å². The van der Waals surface area contributed by atoms with E-state index in [1.807, 2.05) is 20.2 Å². The Morgan fingerprint density at radius 1 is 1.21 bits per heavy atom. The lowest BCUT2D eigenvalue weighted by Gasteiger charge is -2.33. The number of hydrogen-bond acceptors (Lipinski definition) is 4. The molecule has 1 aromatic heterocycles. The molecule has 1 aliphatic carbocycles. The Kier molecular flexibility index (Phi) is 6.36. The molecule has 8 heteroatoms. The number of imide groups is 1. The Morgan fingerprint density at radius 2 is 1.91 bits per heavy atom. The first kappa shape index (κ1) is 23.1. The number of benzene rings is 1. The first-order chi connectivity index (χ1) is 15.7. The normalized spacial score (nSPS) is 21.6. The summed E-state index contributed by atoms with van der Waals surface area (Å²) in [5.74, 6) is -1.63. The van der Waals surface area contributed by atoms with Crippen molar-refractivity contribution >= 4 is 17.7 Å². The van der Waals surface area contributed by atoms with Crippen LogP contribution in [-0.4, -0.2) is 50.4 Å². The Morgan fingerprint density at radius 3 is 2.55 bits per heavy atom. The first-order valence-corrected chi connectivity index (χ1v) is 11.6. The highest BCUT2D eigenvalue weighted by molar-refractivity contribution is 6.11. The van der Waals surface area contributed by atoms with E-state index in [1.54, 1.807) is 23.9 Å². The van der Waals surface area contributed by atoms with Gasteiger partial charge in [-0.3, -0.25) is 24.0 Å². The molecule has 1 atom stereocenters. The van der Waals surface area contributed by atoms with E-state index in [1.165, 1.54) is 21.9 Å². The van der Waals surface area contributed by atoms with Crippen LogP contribution >= 0.6 is 0 Å². The molecule has 2 aromatic rings. The van der Waals surface area contributed by atoms with Gasteiger partial charge in [-0.1, -0.05) is 37.5 Å². The second-order valence-corrected chi connectivity index (χ2v) is 9.44. The van der Waals surface area contributed by atoms with E-state index in [0.717, 1.165) is 43.4 Å². The molecule has 1 saturated carbocycles. The number of hydrogen-bond donors (Lipinski definition) is 0. The zero-order valence-corrected chi connectivity index (χ0v) is 19.5. The van der Waals surface area contributed by atoms with E-state index >= 15 is 0 Å². The maximum absolute atomic E-state index is 15.0. The van der Waals surface area contributed by atoms with Crippen molar-refractivity contribution in [2.24, 2.45) is 7.05 Å². The first-order valence-electron chi connectivity index (χ1n) is 11.6. The van der Waals surface area contributed by atoms with E-state index in [2.05, 4.69) is 5.10 Å². The maximum atomic E-state index is 15.0. The molecule has 2 heterocycles. The van der Waals surface area contributed by atoms with Crippen LogP contribution in [0.3, 0.4) is 0 Å². The maximum Gasteiger partial charge on any atom is 0.241 e. The van der Waals surface area contributed by atoms with Gasteiger partial charge in [0.25, 0.3) is 0 Å². The fourth-order valence-corrected chi connectivity index (χ4v) is 5.31. The van der Waals surface area contributed by atoms with E-state index < -0.39 is 17.1 Å². The van der Waals surface area contributed by atoms with Crippen molar-refractivity contribution < 1.29 is 18.8 Å². The average Bonchev–Trinajstić information content (AvgIpc) is 3.23. The topological polar surface area (TPSA) is 75.5 Å². The molecule has 0 spiro atoms. The number of rotatable bonds is 6. The summed E-state index contributed by atoms with van der Waals surface area (Å²) in [6.45, 7) is 2.19. The van der Waals surface area contributed by atoms with Gasteiger partial charge in [0, 0.05) is 56.8 Å². The molecule has 1 aliphatic heterocycles. The van der Waals surface area contributed by atoms with Gasteiger partial charge in [-0.25, -0.2) is 4.39 Å². The Labute approximate surface area is 193 Å². The summed E-state index contributed by atoms with van der Waals surface area (Å²) >= 11 is 0. The third-order valence-electron chi connectivity index (χ3n) is 7.08. The molecule has 3 amide bonds. The SMILES string of the molecule is Cc1nn(C)cc1CN(C)C(=O)C[C@]1(c2ccccc2F)CC(=O)N(C2CCCCC2)C1=O. The highest BCUT2D eigenvalue weighted by atomic mass is 19.1. The smallest absolute Gasteiger partial charge is 0.241 e. The largest absolute Gasteiger partial charge is 0.341 e. The van der Waals surface area contributed by atoms with Crippen molar-refractivity contribution in [3.8, 4) is 0 Å². The van der Waals surface area contributed by atoms with Gasteiger partial charge >= 0.3 is 0 Å². The van der Waals surface area contributed by atoms with Crippen LogP contribution in [0.1, 0.15) is 61.8 Å². The number of carbonyl (C=O) groups excluding carboxylic acids is 3. The van der Waals surface area contributed by atoms with Crippen molar-refractivity contribution in [1.82, 2.24) is 19.6 Å². The molecular weight excluding hydrogens is 423 g/mol. The molecule has 33 heavy (non-hydrogen) atoms. The van der Waals surface area contributed by atoms with E-state index in [-0.39, 0.29) is 36.3 Å². The molecule has 7 nitrogen and oxygen atoms in total. The van der Waals surface area contributed by atoms with Gasteiger partial charge in [0.2, 0.25) is 17.7 Å². The van der Waals surface area contributed by atoms with Crippen molar-refractivity contribution in [2.45, 2.75) is 69.9 Å². The number of amides is 3. The molecule has 2 aliphatic rings. The number of likely N-dealkylation sites (tertiary alicyclic amines) is 1. The van der Waals surface area contributed by atoms with Crippen molar-refractivity contribution in [2.75, 3.05) is 7.05 Å². The monoisotopic (exact) mass is 454 g/mol. The van der Waals surface area contributed by atoms with Crippen LogP contribution in [0, 0.1) is 12.7 Å². The number of aromatic nitrogens is 2. The van der Waals surface area contributed by atoms with Gasteiger partial charge in [0.05, 0.1) is 11.1 Å². The predicted octanol–water partition coefficient (Wildman–Crippen LogP) is 3.25. The van der Waals surface area contributed by atoms with Crippen LogP contribution in [0.15, 0.2) is 30.5 Å². The lowest BCUT2D eigenvalue weighted by Crippen LogP contribution is -2.47. The molecule has 0 N–H and O–H groups in total. The zero-order valence-electron chi connectivity index (χ0n) is 19.5. The van der Waals surface area contributed by atoms with Crippen LogP contribution in [0.4, 0.5) is 4.39 Å². The molecule has 0 bridgehead atoms. The number of aryl methyl sites for hydroxylation is 2. The Bertz CT molecular complexity index is 1080. The second kappa shape index (κ2) is 9.08. The highest BCUT2D eigenvalue weighted by Gasteiger charge is 2.56. The van der Waals surface area contributed by atoms with Gasteiger partial charge in [-0.05, 0) is 25.8 Å². The zero-order chi connectivity index (χ0) is 23.8. The fourth-order valence-electron chi connectivity index (χ4n) is 5.31. The summed E-state index contributed by atoms with van der Waals surface area (Å²) in [6, 6.07) is 5.84. The quantitative estimate of drug-likeness (QED) is 0.628. The van der Waals surface area contributed by atoms with E-state index in [9.17, 15) is 18.8 Å². The summed E-state index contributed by atoms with van der Waals surface area (Å²) in [5, 5.41) is 4.31. The molecule has 0 radical (unpaired) electrons. The summed E-state index contributed by atoms with van der Waals surface area (Å²) in [5.41, 5.74) is 0.318. The van der Waals surface area contributed by atoms with E-state index in [4.69, 9.17) is 0 Å². The minimum Gasteiger partial charge on any atom is -0.341 e. The van der Waals surface area contributed by atoms with Gasteiger partial charge in [0.1, 0.15) is 5.82 Å². The Hall–Kier alpha value is -3.03. The minimum absolute atomic E-state index is 0.126. The van der Waals surface area contributed by atoms with Gasteiger partial charge in [-0.15, -0.1) is 0 Å². The van der Waals surface area contributed by atoms with Crippen LogP contribution < -0.4 is 0 Å². The van der Waals surface area contributed by atoms with Crippen LogP contribution in [0.25, 0.3) is 0 Å². The van der Waals surface area contributed by atoms with Crippen LogP contribution in [-0.2, 0) is 33.4 Å². The van der Waals surface area contributed by atoms with Crippen molar-refractivity contribution in [3.05, 3.63) is 53.1 Å². The van der Waals surface area contributed by atoms with Gasteiger partial charge < -0.3 is 4.90 Å². The molecule has 4 rings (SSSR count). The van der Waals surface area contributed by atoms with Crippen molar-refractivity contribution in [3.63, 3.8) is 0 Å². The Balaban J connectivity index is 1.65. The fraction of sp³-hybridized carbons (Fsp3) is 0.520. The summed E-state index contributed by atoms with van der Waals surface area (Å²) in [7, 11) is 3.47. The lowest BCUT2D eigenvalue weighted by atomic mass is 9.75. The molecular formula is C25H31FN4O3. The number of nitrogens with zero attached hydrogens (tertiary/aromatic N) is 4. The van der Waals surface area contributed by atoms with Gasteiger partial charge in [0.15, 0.2) is 0 Å². The molecule has 2 fully saturated rings. The standard InChI is InChI=1S/C25H31FN4O3/c1-17-18(16-29(3)27-17)15-28(2)22(31)13-25(20-11-7-8-12-21(20)26)14-23(32)30(24(25)33)19-9-5-4-6-10-19/h7-8,11-12,16,19H,4-6,9-10,13-15H2,1-3H3/t25-/m1/s1. The highest BCUT2D eigenvalue weighted by Crippen LogP contribution is 2.43. The van der Waals surface area contributed by atoms with Crippen LogP contribution in [0.2, 0.25) is 0 Å². The molecule has 0 unspecified atom stereocenters. The van der Waals surface area contributed by atoms with Gasteiger partial charge in [-0.2, -0.15) is 5.10 Å².